The molecule has 0 spiro atoms. The summed E-state index contributed by atoms with van der Waals surface area (Å²) >= 11 is 0. The lowest BCUT2D eigenvalue weighted by Crippen LogP contribution is -2.59. The molecule has 6 rings (SSSR count). The number of aliphatic hydroxyl groups is 1. The van der Waals surface area contributed by atoms with Gasteiger partial charge in [0.05, 0.1) is 18.0 Å². The van der Waals surface area contributed by atoms with Crippen molar-refractivity contribution in [1.29, 1.82) is 0 Å². The summed E-state index contributed by atoms with van der Waals surface area (Å²) in [7, 11) is 0. The summed E-state index contributed by atoms with van der Waals surface area (Å²) in [4.78, 5) is 13.4. The number of rotatable bonds is 6. The van der Waals surface area contributed by atoms with Crippen molar-refractivity contribution in [3.63, 3.8) is 0 Å². The van der Waals surface area contributed by atoms with Crippen LogP contribution in [0.5, 0.6) is 0 Å². The van der Waals surface area contributed by atoms with E-state index in [1.54, 1.807) is 17.8 Å². The first-order valence-electron chi connectivity index (χ1n) is 10.9. The number of nitrogens with zero attached hydrogens (tertiary/aromatic N) is 2. The van der Waals surface area contributed by atoms with Crippen molar-refractivity contribution in [1.82, 2.24) is 15.1 Å². The van der Waals surface area contributed by atoms with Crippen molar-refractivity contribution < 1.29 is 9.90 Å². The number of hydrogen-bond donors (Lipinski definition) is 3. The lowest BCUT2D eigenvalue weighted by atomic mass is 9.53. The lowest BCUT2D eigenvalue weighted by Gasteiger charge is -2.56. The molecule has 0 aliphatic heterocycles. The maximum absolute atomic E-state index is 13.4. The van der Waals surface area contributed by atoms with Crippen molar-refractivity contribution in [2.75, 3.05) is 11.9 Å². The van der Waals surface area contributed by atoms with Gasteiger partial charge in [-0.25, -0.2) is 4.68 Å². The fourth-order valence-electron chi connectivity index (χ4n) is 6.27. The molecular weight excluding hydrogens is 364 g/mol. The second-order valence-electron chi connectivity index (χ2n) is 9.54. The largest absolute Gasteiger partial charge is 0.392 e. The summed E-state index contributed by atoms with van der Waals surface area (Å²) in [6, 6.07) is 9.77. The average Bonchev–Trinajstić information content (AvgIpc) is 3.09. The summed E-state index contributed by atoms with van der Waals surface area (Å²) in [5.74, 6) is 2.92. The van der Waals surface area contributed by atoms with E-state index in [1.807, 2.05) is 30.3 Å². The Labute approximate surface area is 171 Å². The Morgan fingerprint density at radius 1 is 1.17 bits per heavy atom. The van der Waals surface area contributed by atoms with Crippen LogP contribution in [0.2, 0.25) is 0 Å². The van der Waals surface area contributed by atoms with Gasteiger partial charge in [0.15, 0.2) is 0 Å². The molecule has 154 valence electrons. The van der Waals surface area contributed by atoms with Gasteiger partial charge in [-0.2, -0.15) is 5.10 Å². The topological polar surface area (TPSA) is 79.2 Å². The number of carbonyl (C=O) groups excluding carboxylic acids is 1. The van der Waals surface area contributed by atoms with E-state index in [0.29, 0.717) is 17.9 Å². The minimum atomic E-state index is -0.520. The van der Waals surface area contributed by atoms with E-state index in [-0.39, 0.29) is 11.4 Å². The molecular formula is C23H30N4O2. The fourth-order valence-corrected chi connectivity index (χ4v) is 6.27. The molecule has 6 nitrogen and oxygen atoms in total. The van der Waals surface area contributed by atoms with Gasteiger partial charge < -0.3 is 15.7 Å². The fraction of sp³-hybridized carbons (Fsp3) is 0.565. The van der Waals surface area contributed by atoms with E-state index >= 15 is 0 Å². The molecule has 1 aromatic heterocycles. The Morgan fingerprint density at radius 3 is 2.38 bits per heavy atom. The molecule has 0 saturated heterocycles. The number of anilines is 1. The first-order valence-corrected chi connectivity index (χ1v) is 10.9. The molecule has 3 N–H and O–H groups in total. The highest BCUT2D eigenvalue weighted by atomic mass is 16.3. The van der Waals surface area contributed by atoms with E-state index in [1.165, 1.54) is 19.3 Å². The van der Waals surface area contributed by atoms with Crippen molar-refractivity contribution in [2.45, 2.75) is 57.1 Å². The van der Waals surface area contributed by atoms with Crippen molar-refractivity contribution in [3.8, 4) is 5.69 Å². The number of nitrogens with one attached hydrogen (secondary N) is 2. The normalized spacial score (nSPS) is 30.9. The second kappa shape index (κ2) is 7.17. The summed E-state index contributed by atoms with van der Waals surface area (Å²) in [5.41, 5.74) is 1.39. The molecule has 6 heteroatoms. The van der Waals surface area contributed by atoms with Gasteiger partial charge in [0.2, 0.25) is 0 Å². The Morgan fingerprint density at radius 2 is 1.79 bits per heavy atom. The van der Waals surface area contributed by atoms with E-state index in [4.69, 9.17) is 0 Å². The summed E-state index contributed by atoms with van der Waals surface area (Å²) in [6.07, 6.45) is 8.53. The van der Waals surface area contributed by atoms with Gasteiger partial charge in [0.1, 0.15) is 11.4 Å². The van der Waals surface area contributed by atoms with Crippen LogP contribution in [0.1, 0.15) is 55.8 Å². The predicted octanol–water partition coefficient (Wildman–Crippen LogP) is 3.36. The van der Waals surface area contributed by atoms with Gasteiger partial charge in [-0.3, -0.25) is 4.79 Å². The zero-order chi connectivity index (χ0) is 20.0. The van der Waals surface area contributed by atoms with Gasteiger partial charge in [0, 0.05) is 12.1 Å². The molecule has 0 radical (unpaired) electrons. The summed E-state index contributed by atoms with van der Waals surface area (Å²) in [5, 5.41) is 20.9. The molecule has 2 aromatic rings. The molecule has 1 aromatic carbocycles. The number of amides is 1. The Hall–Kier alpha value is -2.34. The lowest BCUT2D eigenvalue weighted by molar-refractivity contribution is -0.0166. The maximum Gasteiger partial charge on any atom is 0.257 e. The number of hydrogen-bond acceptors (Lipinski definition) is 4. The highest BCUT2D eigenvalue weighted by Crippen LogP contribution is 2.55. The SMILES string of the molecule is CC(O)CNc1c(C(=O)NC23CC4CC(CC(C4)C2)C3)cnn1-c1ccccc1. The average molecular weight is 395 g/mol. The van der Waals surface area contributed by atoms with Gasteiger partial charge in [-0.05, 0) is 75.3 Å². The molecule has 1 atom stereocenters. The predicted molar refractivity (Wildman–Crippen MR) is 112 cm³/mol. The Kier molecular flexibility index (Phi) is 4.62. The molecule has 4 saturated carbocycles. The zero-order valence-corrected chi connectivity index (χ0v) is 17.0. The summed E-state index contributed by atoms with van der Waals surface area (Å²) in [6.45, 7) is 2.08. The quantitative estimate of drug-likeness (QED) is 0.702. The minimum absolute atomic E-state index is 0.0395. The number of aromatic nitrogens is 2. The smallest absolute Gasteiger partial charge is 0.257 e. The van der Waals surface area contributed by atoms with E-state index in [9.17, 15) is 9.90 Å². The van der Waals surface area contributed by atoms with Crippen LogP contribution in [0.3, 0.4) is 0 Å². The molecule has 1 unspecified atom stereocenters. The molecule has 4 aliphatic carbocycles. The van der Waals surface area contributed by atoms with Crippen LogP contribution >= 0.6 is 0 Å². The number of benzene rings is 1. The van der Waals surface area contributed by atoms with Gasteiger partial charge in [-0.15, -0.1) is 0 Å². The highest BCUT2D eigenvalue weighted by molar-refractivity contribution is 5.99. The maximum atomic E-state index is 13.4. The monoisotopic (exact) mass is 394 g/mol. The van der Waals surface area contributed by atoms with Gasteiger partial charge in [-0.1, -0.05) is 18.2 Å². The first kappa shape index (κ1) is 18.7. The number of carbonyl (C=O) groups is 1. The van der Waals surface area contributed by atoms with Gasteiger partial charge >= 0.3 is 0 Å². The van der Waals surface area contributed by atoms with Crippen LogP contribution in [0.15, 0.2) is 36.5 Å². The molecule has 1 amide bonds. The number of aliphatic hydroxyl groups excluding tert-OH is 1. The van der Waals surface area contributed by atoms with Crippen LogP contribution in [-0.2, 0) is 0 Å². The zero-order valence-electron chi connectivity index (χ0n) is 17.0. The van der Waals surface area contributed by atoms with Gasteiger partial charge in [0.25, 0.3) is 5.91 Å². The third-order valence-corrected chi connectivity index (χ3v) is 7.00. The number of para-hydroxylation sites is 1. The first-order chi connectivity index (χ1) is 14.0. The van der Waals surface area contributed by atoms with Crippen LogP contribution in [0.25, 0.3) is 5.69 Å². The van der Waals surface area contributed by atoms with E-state index < -0.39 is 6.10 Å². The molecule has 29 heavy (non-hydrogen) atoms. The van der Waals surface area contributed by atoms with E-state index in [0.717, 1.165) is 42.7 Å². The third-order valence-electron chi connectivity index (χ3n) is 7.00. The molecule has 4 fully saturated rings. The van der Waals surface area contributed by atoms with Crippen molar-refractivity contribution in [3.05, 3.63) is 42.1 Å². The van der Waals surface area contributed by atoms with Crippen molar-refractivity contribution in [2.24, 2.45) is 17.8 Å². The summed E-state index contributed by atoms with van der Waals surface area (Å²) < 4.78 is 1.75. The van der Waals surface area contributed by atoms with Crippen molar-refractivity contribution >= 4 is 11.7 Å². The highest BCUT2D eigenvalue weighted by Gasteiger charge is 2.51. The standard InChI is InChI=1S/C23H30N4O2/c1-15(28)13-24-21-20(14-25-27(21)19-5-3-2-4-6-19)22(29)26-23-10-16-7-17(11-23)9-18(8-16)12-23/h2-6,14-18,24,28H,7-13H2,1H3,(H,26,29). The van der Waals surface area contributed by atoms with Crippen LogP contribution in [0, 0.1) is 17.8 Å². The second-order valence-corrected chi connectivity index (χ2v) is 9.54. The molecule has 4 aliphatic rings. The molecule has 4 bridgehead atoms. The van der Waals surface area contributed by atoms with E-state index in [2.05, 4.69) is 15.7 Å². The Bertz CT molecular complexity index is 854. The Balaban J connectivity index is 1.42. The third kappa shape index (κ3) is 3.54. The van der Waals surface area contributed by atoms with Crippen LogP contribution < -0.4 is 10.6 Å². The van der Waals surface area contributed by atoms with Crippen LogP contribution in [-0.4, -0.2) is 39.0 Å². The molecule has 1 heterocycles. The minimum Gasteiger partial charge on any atom is -0.392 e. The van der Waals surface area contributed by atoms with Crippen LogP contribution in [0.4, 0.5) is 5.82 Å².